The van der Waals surface area contributed by atoms with Crippen molar-refractivity contribution in [1.29, 1.82) is 0 Å². The Labute approximate surface area is 129 Å². The van der Waals surface area contributed by atoms with E-state index in [0.29, 0.717) is 23.8 Å². The minimum absolute atomic E-state index is 0.0492. The Kier molecular flexibility index (Phi) is 3.81. The second-order valence-corrected chi connectivity index (χ2v) is 5.76. The molecule has 1 amide bonds. The first-order chi connectivity index (χ1) is 10.2. The van der Waals surface area contributed by atoms with E-state index in [1.54, 1.807) is 0 Å². The highest BCUT2D eigenvalue weighted by Gasteiger charge is 2.26. The quantitative estimate of drug-likeness (QED) is 0.938. The number of rotatable bonds is 4. The fourth-order valence-electron chi connectivity index (χ4n) is 2.75. The second-order valence-electron chi connectivity index (χ2n) is 5.35. The van der Waals surface area contributed by atoms with E-state index in [4.69, 9.17) is 16.3 Å². The summed E-state index contributed by atoms with van der Waals surface area (Å²) in [4.78, 5) is 12.4. The number of hydrogen-bond donors (Lipinski definition) is 1. The lowest BCUT2D eigenvalue weighted by Gasteiger charge is -2.26. The molecule has 2 aromatic rings. The van der Waals surface area contributed by atoms with Crippen molar-refractivity contribution in [3.8, 4) is 5.75 Å². The Morgan fingerprint density at radius 2 is 2.29 bits per heavy atom. The SMILES string of the molecule is CCCNC(=O)c1cc2c(Cl)ccc3c2n1C[C@H](CC)O3. The third-order valence-electron chi connectivity index (χ3n) is 3.87. The normalized spacial score (nSPS) is 16.8. The molecule has 1 aromatic heterocycles. The smallest absolute Gasteiger partial charge is 0.267 e. The largest absolute Gasteiger partial charge is 0.486 e. The van der Waals surface area contributed by atoms with Gasteiger partial charge >= 0.3 is 0 Å². The Morgan fingerprint density at radius 3 is 3.00 bits per heavy atom. The number of ether oxygens (including phenoxy) is 1. The van der Waals surface area contributed by atoms with Gasteiger partial charge < -0.3 is 14.6 Å². The Bertz CT molecular complexity index is 693. The summed E-state index contributed by atoms with van der Waals surface area (Å²) in [6.45, 7) is 5.48. The molecule has 1 N–H and O–H groups in total. The molecule has 1 aliphatic heterocycles. The molecule has 0 radical (unpaired) electrons. The van der Waals surface area contributed by atoms with E-state index in [2.05, 4.69) is 12.2 Å². The zero-order valence-corrected chi connectivity index (χ0v) is 13.0. The van der Waals surface area contributed by atoms with Gasteiger partial charge in [0.15, 0.2) is 0 Å². The number of halogens is 1. The van der Waals surface area contributed by atoms with Gasteiger partial charge in [0.05, 0.1) is 17.1 Å². The van der Waals surface area contributed by atoms with Crippen molar-refractivity contribution in [1.82, 2.24) is 9.88 Å². The third-order valence-corrected chi connectivity index (χ3v) is 4.20. The van der Waals surface area contributed by atoms with Crippen LogP contribution in [0.1, 0.15) is 37.2 Å². The maximum Gasteiger partial charge on any atom is 0.267 e. The second kappa shape index (κ2) is 5.60. The monoisotopic (exact) mass is 306 g/mol. The van der Waals surface area contributed by atoms with Gasteiger partial charge in [0.2, 0.25) is 0 Å². The van der Waals surface area contributed by atoms with Crippen LogP contribution in [-0.4, -0.2) is 23.1 Å². The number of amides is 1. The molecule has 1 atom stereocenters. The lowest BCUT2D eigenvalue weighted by molar-refractivity contribution is 0.0938. The molecular formula is C16H19ClN2O2. The molecule has 3 rings (SSSR count). The predicted octanol–water partition coefficient (Wildman–Crippen LogP) is 3.61. The number of aromatic nitrogens is 1. The molecule has 4 nitrogen and oxygen atoms in total. The number of carbonyl (C=O) groups excluding carboxylic acids is 1. The van der Waals surface area contributed by atoms with E-state index >= 15 is 0 Å². The molecule has 0 bridgehead atoms. The van der Waals surface area contributed by atoms with Crippen LogP contribution in [0.3, 0.4) is 0 Å². The van der Waals surface area contributed by atoms with Crippen molar-refractivity contribution in [3.63, 3.8) is 0 Å². The van der Waals surface area contributed by atoms with E-state index < -0.39 is 0 Å². The molecule has 0 spiro atoms. The van der Waals surface area contributed by atoms with Crippen molar-refractivity contribution >= 4 is 28.4 Å². The third kappa shape index (κ3) is 2.38. The molecular weight excluding hydrogens is 288 g/mol. The Balaban J connectivity index is 2.13. The van der Waals surface area contributed by atoms with Crippen molar-refractivity contribution in [2.24, 2.45) is 0 Å². The summed E-state index contributed by atoms with van der Waals surface area (Å²) >= 11 is 6.27. The minimum Gasteiger partial charge on any atom is -0.486 e. The summed E-state index contributed by atoms with van der Waals surface area (Å²) in [6.07, 6.45) is 1.91. The minimum atomic E-state index is -0.0492. The number of nitrogens with one attached hydrogen (secondary N) is 1. The molecule has 2 heterocycles. The van der Waals surface area contributed by atoms with Gasteiger partial charge in [-0.1, -0.05) is 25.4 Å². The predicted molar refractivity (Wildman–Crippen MR) is 84.3 cm³/mol. The van der Waals surface area contributed by atoms with Gasteiger partial charge in [-0.3, -0.25) is 4.79 Å². The summed E-state index contributed by atoms with van der Waals surface area (Å²) in [5.74, 6) is 0.758. The average Bonchev–Trinajstić information content (AvgIpc) is 2.89. The van der Waals surface area contributed by atoms with E-state index in [0.717, 1.165) is 29.5 Å². The summed E-state index contributed by atoms with van der Waals surface area (Å²) in [7, 11) is 0. The highest BCUT2D eigenvalue weighted by Crippen LogP contribution is 2.38. The lowest BCUT2D eigenvalue weighted by atomic mass is 10.2. The van der Waals surface area contributed by atoms with Gasteiger partial charge in [-0.2, -0.15) is 0 Å². The summed E-state index contributed by atoms with van der Waals surface area (Å²) in [5, 5.41) is 4.47. The highest BCUT2D eigenvalue weighted by molar-refractivity contribution is 6.36. The van der Waals surface area contributed by atoms with Crippen molar-refractivity contribution < 1.29 is 9.53 Å². The molecule has 1 aliphatic rings. The van der Waals surface area contributed by atoms with Crippen molar-refractivity contribution in [3.05, 3.63) is 28.9 Å². The highest BCUT2D eigenvalue weighted by atomic mass is 35.5. The zero-order chi connectivity index (χ0) is 15.0. The van der Waals surface area contributed by atoms with Crippen LogP contribution in [0, 0.1) is 0 Å². The topological polar surface area (TPSA) is 43.3 Å². The molecule has 0 aliphatic carbocycles. The van der Waals surface area contributed by atoms with Gasteiger partial charge in [0.1, 0.15) is 17.5 Å². The van der Waals surface area contributed by atoms with Crippen LogP contribution in [0.25, 0.3) is 10.9 Å². The van der Waals surface area contributed by atoms with E-state index in [-0.39, 0.29) is 12.0 Å². The van der Waals surface area contributed by atoms with Crippen LogP contribution in [-0.2, 0) is 6.54 Å². The molecule has 1 aromatic carbocycles. The summed E-state index contributed by atoms with van der Waals surface area (Å²) in [5.41, 5.74) is 1.59. The number of nitrogens with zero attached hydrogens (tertiary/aromatic N) is 1. The van der Waals surface area contributed by atoms with Gasteiger partial charge in [-0.15, -0.1) is 0 Å². The summed E-state index contributed by atoms with van der Waals surface area (Å²) in [6, 6.07) is 5.58. The van der Waals surface area contributed by atoms with Gasteiger partial charge in [0.25, 0.3) is 5.91 Å². The van der Waals surface area contributed by atoms with E-state index in [9.17, 15) is 4.79 Å². The van der Waals surface area contributed by atoms with Gasteiger partial charge in [0, 0.05) is 11.9 Å². The van der Waals surface area contributed by atoms with Crippen LogP contribution < -0.4 is 10.1 Å². The number of hydrogen-bond acceptors (Lipinski definition) is 2. The van der Waals surface area contributed by atoms with E-state index in [1.807, 2.05) is 29.7 Å². The molecule has 0 saturated heterocycles. The van der Waals surface area contributed by atoms with E-state index in [1.165, 1.54) is 0 Å². The molecule has 5 heteroatoms. The molecule has 21 heavy (non-hydrogen) atoms. The van der Waals surface area contributed by atoms with Gasteiger partial charge in [-0.25, -0.2) is 0 Å². The Hall–Kier alpha value is -1.68. The van der Waals surface area contributed by atoms with Crippen LogP contribution in [0.4, 0.5) is 0 Å². The van der Waals surface area contributed by atoms with Crippen LogP contribution in [0.5, 0.6) is 5.75 Å². The lowest BCUT2D eigenvalue weighted by Crippen LogP contribution is -2.31. The fourth-order valence-corrected chi connectivity index (χ4v) is 2.96. The maximum absolute atomic E-state index is 12.4. The maximum atomic E-state index is 12.4. The van der Waals surface area contributed by atoms with Crippen molar-refractivity contribution in [2.45, 2.75) is 39.3 Å². The first-order valence-electron chi connectivity index (χ1n) is 7.42. The zero-order valence-electron chi connectivity index (χ0n) is 12.3. The number of benzene rings is 1. The van der Waals surface area contributed by atoms with Crippen LogP contribution >= 0.6 is 11.6 Å². The van der Waals surface area contributed by atoms with Crippen LogP contribution in [0.15, 0.2) is 18.2 Å². The molecule has 112 valence electrons. The number of carbonyl (C=O) groups is 1. The summed E-state index contributed by atoms with van der Waals surface area (Å²) < 4.78 is 8.01. The van der Waals surface area contributed by atoms with Crippen LogP contribution in [0.2, 0.25) is 5.02 Å². The van der Waals surface area contributed by atoms with Crippen molar-refractivity contribution in [2.75, 3.05) is 6.54 Å². The average molecular weight is 307 g/mol. The standard InChI is InChI=1S/C16H19ClN2O2/c1-3-7-18-16(20)13-8-11-12(17)5-6-14-15(11)19(13)9-10(4-2)21-14/h5-6,8,10H,3-4,7,9H2,1-2H3,(H,18,20)/t10-/m0/s1. The molecule has 0 fully saturated rings. The first kappa shape index (κ1) is 14.3. The molecule has 0 unspecified atom stereocenters. The molecule has 0 saturated carbocycles. The first-order valence-corrected chi connectivity index (χ1v) is 7.80. The Morgan fingerprint density at radius 1 is 1.48 bits per heavy atom. The van der Waals surface area contributed by atoms with Gasteiger partial charge in [-0.05, 0) is 31.0 Å². The fraction of sp³-hybridized carbons (Fsp3) is 0.438.